The van der Waals surface area contributed by atoms with Crippen LogP contribution in [0.25, 0.3) is 0 Å². The molecule has 0 bridgehead atoms. The smallest absolute Gasteiger partial charge is 0.377 e. The van der Waals surface area contributed by atoms with Crippen LogP contribution in [0.3, 0.4) is 0 Å². The number of carbonyl (C=O) groups excluding carboxylic acids is 1. The van der Waals surface area contributed by atoms with E-state index in [1.807, 2.05) is 21.1 Å². The molecule has 0 saturated heterocycles. The van der Waals surface area contributed by atoms with Gasteiger partial charge in [0.2, 0.25) is 5.91 Å². The van der Waals surface area contributed by atoms with E-state index >= 15 is 0 Å². The van der Waals surface area contributed by atoms with Gasteiger partial charge in [-0.15, -0.1) is 0 Å². The molecule has 1 unspecified atom stereocenters. The molecule has 0 rings (SSSR count). The fourth-order valence-electron chi connectivity index (χ4n) is 3.83. The van der Waals surface area contributed by atoms with E-state index in [4.69, 9.17) is 13.8 Å². The first kappa shape index (κ1) is 35.5. The molecule has 0 aromatic heterocycles. The minimum atomic E-state index is -4.14. The number of unbranched alkanes of at least 4 members (excludes halogenated alkanes) is 14. The lowest BCUT2D eigenvalue weighted by molar-refractivity contribution is -0.870. The lowest BCUT2D eigenvalue weighted by atomic mass is 10.0. The van der Waals surface area contributed by atoms with Gasteiger partial charge in [0.15, 0.2) is 0 Å². The van der Waals surface area contributed by atoms with Crippen LogP contribution in [-0.2, 0) is 23.1 Å². The number of nitrogens with zero attached hydrogens (tertiary/aromatic N) is 1. The molecule has 9 heteroatoms. The number of methoxy groups -OCH3 is 1. The summed E-state index contributed by atoms with van der Waals surface area (Å²) in [6.07, 6.45) is 19.4. The van der Waals surface area contributed by atoms with Crippen LogP contribution in [0.2, 0.25) is 0 Å². The summed E-state index contributed by atoms with van der Waals surface area (Å²) in [4.78, 5) is 21.9. The average molecular weight is 538 g/mol. The maximum Gasteiger partial charge on any atom is 0.472 e. The Morgan fingerprint density at radius 2 is 1.31 bits per heavy atom. The van der Waals surface area contributed by atoms with Gasteiger partial charge in [-0.1, -0.05) is 96.8 Å². The van der Waals surface area contributed by atoms with E-state index in [2.05, 4.69) is 12.2 Å². The number of rotatable bonds is 26. The Kier molecular flexibility index (Phi) is 22.2. The van der Waals surface area contributed by atoms with Crippen molar-refractivity contribution in [3.05, 3.63) is 0 Å². The molecule has 8 nitrogen and oxygen atoms in total. The van der Waals surface area contributed by atoms with Gasteiger partial charge in [-0.25, -0.2) is 4.57 Å². The zero-order chi connectivity index (χ0) is 27.1. The Morgan fingerprint density at radius 3 is 1.75 bits per heavy atom. The van der Waals surface area contributed by atoms with Gasteiger partial charge in [-0.2, -0.15) is 0 Å². The summed E-state index contributed by atoms with van der Waals surface area (Å²) in [7, 11) is 3.24. The third-order valence-electron chi connectivity index (χ3n) is 6.31. The first-order chi connectivity index (χ1) is 17.1. The number of carbonyl (C=O) groups is 1. The Morgan fingerprint density at radius 1 is 0.833 bits per heavy atom. The van der Waals surface area contributed by atoms with E-state index in [1.54, 1.807) is 0 Å². The van der Waals surface area contributed by atoms with Crippen molar-refractivity contribution in [2.45, 2.75) is 116 Å². The van der Waals surface area contributed by atoms with Gasteiger partial charge in [-0.3, -0.25) is 13.8 Å². The Labute approximate surface area is 222 Å². The topological polar surface area (TPSA) is 94.1 Å². The number of nitrogens with one attached hydrogen (secondary N) is 1. The van der Waals surface area contributed by atoms with Gasteiger partial charge in [0.25, 0.3) is 0 Å². The lowest BCUT2D eigenvalue weighted by Crippen LogP contribution is -2.37. The average Bonchev–Trinajstić information content (AvgIpc) is 2.80. The van der Waals surface area contributed by atoms with Crippen LogP contribution in [0, 0.1) is 0 Å². The number of phosphoric acid groups is 1. The van der Waals surface area contributed by atoms with E-state index in [0.29, 0.717) is 17.4 Å². The van der Waals surface area contributed by atoms with E-state index < -0.39 is 13.9 Å². The van der Waals surface area contributed by atoms with Gasteiger partial charge >= 0.3 is 7.82 Å². The van der Waals surface area contributed by atoms with E-state index in [9.17, 15) is 14.3 Å². The standard InChI is InChI=1S/C27H57N2O6P/c1-6-7-8-9-10-11-12-13-14-15-16-17-18-19-20-21-27(30)28-24-26(33-5)25-35-36(31,32)34-23-22-29(2,3)4/h26H,6-25H2,1-5H3,(H-,28,30,31,32)/p+1/t26-/m0/s1. The Hall–Kier alpha value is -0.500. The van der Waals surface area contributed by atoms with Crippen LogP contribution < -0.4 is 5.32 Å². The minimum Gasteiger partial charge on any atom is -0.377 e. The number of quaternary nitrogens is 1. The molecule has 0 aliphatic carbocycles. The van der Waals surface area contributed by atoms with Crippen molar-refractivity contribution in [1.82, 2.24) is 5.32 Å². The molecule has 0 spiro atoms. The largest absolute Gasteiger partial charge is 0.472 e. The summed E-state index contributed by atoms with van der Waals surface area (Å²) in [6.45, 7) is 3.06. The third-order valence-corrected chi connectivity index (χ3v) is 7.29. The van der Waals surface area contributed by atoms with Crippen LogP contribution in [0.15, 0.2) is 0 Å². The SMILES string of the molecule is CCCCCCCCCCCCCCCCCC(=O)NC[C@@H](COP(=O)(O)OCC[N+](C)(C)C)OC. The highest BCUT2D eigenvalue weighted by Crippen LogP contribution is 2.43. The maximum atomic E-state index is 12.1. The van der Waals surface area contributed by atoms with E-state index in [0.717, 1.165) is 12.8 Å². The van der Waals surface area contributed by atoms with Crippen LogP contribution in [0.4, 0.5) is 0 Å². The minimum absolute atomic E-state index is 0.0295. The first-order valence-corrected chi connectivity index (χ1v) is 15.8. The predicted octanol–water partition coefficient (Wildman–Crippen LogP) is 6.22. The molecule has 0 aliphatic rings. The lowest BCUT2D eigenvalue weighted by Gasteiger charge is -2.24. The normalized spacial score (nSPS) is 14.5. The quantitative estimate of drug-likeness (QED) is 0.0773. The van der Waals surface area contributed by atoms with Crippen LogP contribution in [-0.4, -0.2) is 75.9 Å². The van der Waals surface area contributed by atoms with Gasteiger partial charge in [-0.05, 0) is 6.42 Å². The summed E-state index contributed by atoms with van der Waals surface area (Å²) in [5.74, 6) is -0.0295. The van der Waals surface area contributed by atoms with Crippen molar-refractivity contribution >= 4 is 13.7 Å². The van der Waals surface area contributed by atoms with Gasteiger partial charge in [0.05, 0.1) is 33.9 Å². The Balaban J connectivity index is 3.65. The van der Waals surface area contributed by atoms with Crippen molar-refractivity contribution in [1.29, 1.82) is 0 Å². The molecule has 0 aromatic carbocycles. The zero-order valence-corrected chi connectivity index (χ0v) is 25.0. The highest BCUT2D eigenvalue weighted by molar-refractivity contribution is 7.47. The van der Waals surface area contributed by atoms with Crippen LogP contribution >= 0.6 is 7.82 Å². The molecule has 0 radical (unpaired) electrons. The molecular formula is C27H58N2O6P+. The Bertz CT molecular complexity index is 571. The zero-order valence-electron chi connectivity index (χ0n) is 24.1. The molecule has 1 amide bonds. The fraction of sp³-hybridized carbons (Fsp3) is 0.963. The summed E-state index contributed by atoms with van der Waals surface area (Å²) in [6, 6.07) is 0. The van der Waals surface area contributed by atoms with Gasteiger partial charge < -0.3 is 19.4 Å². The van der Waals surface area contributed by atoms with Crippen molar-refractivity contribution < 1.29 is 32.5 Å². The highest BCUT2D eigenvalue weighted by Gasteiger charge is 2.24. The van der Waals surface area contributed by atoms with Crippen molar-refractivity contribution in [3.8, 4) is 0 Å². The van der Waals surface area contributed by atoms with Crippen LogP contribution in [0.5, 0.6) is 0 Å². The second-order valence-electron chi connectivity index (χ2n) is 11.0. The van der Waals surface area contributed by atoms with Gasteiger partial charge in [0.1, 0.15) is 13.2 Å². The molecule has 2 N–H and O–H groups in total. The summed E-state index contributed by atoms with van der Waals surface area (Å²) < 4.78 is 27.9. The predicted molar refractivity (Wildman–Crippen MR) is 148 cm³/mol. The third kappa shape index (κ3) is 25.2. The molecule has 0 fully saturated rings. The maximum absolute atomic E-state index is 12.1. The molecule has 2 atom stereocenters. The molecule has 0 aliphatic heterocycles. The van der Waals surface area contributed by atoms with Crippen molar-refractivity contribution in [2.75, 3.05) is 54.6 Å². The summed E-state index contributed by atoms with van der Waals surface area (Å²) in [5.41, 5.74) is 0. The van der Waals surface area contributed by atoms with Crippen LogP contribution in [0.1, 0.15) is 110 Å². The highest BCUT2D eigenvalue weighted by atomic mass is 31.2. The number of hydrogen-bond donors (Lipinski definition) is 2. The number of hydrogen-bond acceptors (Lipinski definition) is 5. The number of amides is 1. The van der Waals surface area contributed by atoms with Gasteiger partial charge in [0, 0.05) is 20.1 Å². The molecular weight excluding hydrogens is 479 g/mol. The monoisotopic (exact) mass is 537 g/mol. The second-order valence-corrected chi connectivity index (χ2v) is 12.4. The second kappa shape index (κ2) is 22.5. The number of likely N-dealkylation sites (N-methyl/N-ethyl adjacent to an activating group) is 1. The molecule has 0 heterocycles. The molecule has 0 saturated carbocycles. The van der Waals surface area contributed by atoms with Crippen molar-refractivity contribution in [2.24, 2.45) is 0 Å². The van der Waals surface area contributed by atoms with E-state index in [1.165, 1.54) is 90.6 Å². The number of phosphoric ester groups is 1. The van der Waals surface area contributed by atoms with E-state index in [-0.39, 0.29) is 25.7 Å². The molecule has 0 aromatic rings. The fourth-order valence-corrected chi connectivity index (χ4v) is 4.57. The summed E-state index contributed by atoms with van der Waals surface area (Å²) in [5, 5.41) is 2.82. The molecule has 36 heavy (non-hydrogen) atoms. The first-order valence-electron chi connectivity index (χ1n) is 14.3. The molecule has 216 valence electrons. The number of ether oxygens (including phenoxy) is 1. The summed E-state index contributed by atoms with van der Waals surface area (Å²) >= 11 is 0. The van der Waals surface area contributed by atoms with Crippen molar-refractivity contribution in [3.63, 3.8) is 0 Å².